The van der Waals surface area contributed by atoms with E-state index in [1.807, 2.05) is 0 Å². The molecule has 0 atom stereocenters. The summed E-state index contributed by atoms with van der Waals surface area (Å²) in [6.45, 7) is 3.18. The van der Waals surface area contributed by atoms with Crippen molar-refractivity contribution >= 4 is 21.9 Å². The van der Waals surface area contributed by atoms with E-state index in [1.165, 1.54) is 47.0 Å². The molecule has 0 spiro atoms. The lowest BCUT2D eigenvalue weighted by Gasteiger charge is -2.20. The van der Waals surface area contributed by atoms with Gasteiger partial charge in [-0.05, 0) is 65.7 Å². The molecule has 0 saturated carbocycles. The summed E-state index contributed by atoms with van der Waals surface area (Å²) in [6, 6.07) is 12.7. The number of benzene rings is 2. The average molecular weight is 464 g/mol. The second-order valence-corrected chi connectivity index (χ2v) is 7.19. The summed E-state index contributed by atoms with van der Waals surface area (Å²) in [5, 5.41) is 9.16. The zero-order valence-corrected chi connectivity index (χ0v) is 17.0. The molecular weight excluding hydrogens is 448 g/mol. The fourth-order valence-electron chi connectivity index (χ4n) is 2.93. The predicted molar refractivity (Wildman–Crippen MR) is 107 cm³/mol. The topological polar surface area (TPSA) is 68.5 Å². The van der Waals surface area contributed by atoms with Gasteiger partial charge in [-0.3, -0.25) is 9.36 Å². The van der Waals surface area contributed by atoms with Gasteiger partial charge in [0.15, 0.2) is 0 Å². The number of aryl methyl sites for hydroxylation is 2. The number of pyridine rings is 1. The molecule has 8 heteroatoms. The number of carboxylic acids is 1. The molecule has 3 rings (SSSR count). The molecule has 2 aromatic carbocycles. The summed E-state index contributed by atoms with van der Waals surface area (Å²) in [7, 11) is 0. The van der Waals surface area contributed by atoms with Crippen LogP contribution < -0.4 is 10.3 Å². The number of ether oxygens (including phenoxy) is 1. The first-order valence-electron chi connectivity index (χ1n) is 8.50. The van der Waals surface area contributed by atoms with Gasteiger partial charge in [-0.2, -0.15) is 8.78 Å². The second-order valence-electron chi connectivity index (χ2n) is 6.39. The first-order chi connectivity index (χ1) is 13.6. The van der Waals surface area contributed by atoms with Crippen molar-refractivity contribution in [3.8, 4) is 11.4 Å². The highest BCUT2D eigenvalue weighted by Gasteiger charge is 2.35. The fourth-order valence-corrected chi connectivity index (χ4v) is 3.31. The van der Waals surface area contributed by atoms with Crippen LogP contribution in [0.5, 0.6) is 5.75 Å². The number of hydrogen-bond donors (Lipinski definition) is 1. The van der Waals surface area contributed by atoms with Gasteiger partial charge in [0.05, 0.1) is 11.1 Å². The average Bonchev–Trinajstić information content (AvgIpc) is 2.66. The number of aromatic carboxylic acids is 1. The van der Waals surface area contributed by atoms with E-state index < -0.39 is 17.6 Å². The summed E-state index contributed by atoms with van der Waals surface area (Å²) in [5.41, 5.74) is 0.394. The Morgan fingerprint density at radius 1 is 1.10 bits per heavy atom. The molecule has 0 amide bonds. The highest BCUT2D eigenvalue weighted by Crippen LogP contribution is 2.34. The Morgan fingerprint density at radius 2 is 1.76 bits per heavy atom. The Hall–Kier alpha value is -3.00. The van der Waals surface area contributed by atoms with Gasteiger partial charge in [0.25, 0.3) is 5.56 Å². The van der Waals surface area contributed by atoms with E-state index in [4.69, 9.17) is 9.84 Å². The van der Waals surface area contributed by atoms with Gasteiger partial charge in [0.1, 0.15) is 10.2 Å². The minimum Gasteiger partial charge on any atom is -0.478 e. The molecule has 29 heavy (non-hydrogen) atoms. The van der Waals surface area contributed by atoms with E-state index in [2.05, 4.69) is 15.9 Å². The number of carbonyl (C=O) groups is 1. The highest BCUT2D eigenvalue weighted by molar-refractivity contribution is 9.10. The molecule has 0 fully saturated rings. The Labute approximate surface area is 173 Å². The second kappa shape index (κ2) is 7.79. The van der Waals surface area contributed by atoms with Crippen LogP contribution in [0.3, 0.4) is 0 Å². The SMILES string of the molecule is Cc1cc(-n2c(C)cc(OC(F)(F)c3ccccc3)c(Br)c2=O)ccc1C(=O)O. The maximum Gasteiger partial charge on any atom is 0.426 e. The van der Waals surface area contributed by atoms with Crippen molar-refractivity contribution in [1.82, 2.24) is 4.57 Å². The van der Waals surface area contributed by atoms with Crippen LogP contribution in [-0.2, 0) is 6.11 Å². The van der Waals surface area contributed by atoms with Crippen molar-refractivity contribution in [3.63, 3.8) is 0 Å². The quantitative estimate of drug-likeness (QED) is 0.575. The van der Waals surface area contributed by atoms with E-state index in [0.29, 0.717) is 16.9 Å². The van der Waals surface area contributed by atoms with Gasteiger partial charge in [-0.15, -0.1) is 0 Å². The summed E-state index contributed by atoms with van der Waals surface area (Å²) in [4.78, 5) is 24.0. The lowest BCUT2D eigenvalue weighted by Crippen LogP contribution is -2.26. The van der Waals surface area contributed by atoms with Gasteiger partial charge in [-0.25, -0.2) is 4.79 Å². The molecule has 0 aliphatic carbocycles. The van der Waals surface area contributed by atoms with Crippen molar-refractivity contribution in [2.45, 2.75) is 20.0 Å². The van der Waals surface area contributed by atoms with E-state index in [-0.39, 0.29) is 21.3 Å². The number of nitrogens with zero attached hydrogens (tertiary/aromatic N) is 1. The van der Waals surface area contributed by atoms with E-state index in [1.54, 1.807) is 26.0 Å². The summed E-state index contributed by atoms with van der Waals surface area (Å²) >= 11 is 3.06. The molecule has 1 aromatic heterocycles. The van der Waals surface area contributed by atoms with E-state index >= 15 is 0 Å². The smallest absolute Gasteiger partial charge is 0.426 e. The van der Waals surface area contributed by atoms with Crippen molar-refractivity contribution in [1.29, 1.82) is 0 Å². The zero-order valence-electron chi connectivity index (χ0n) is 15.4. The zero-order chi connectivity index (χ0) is 21.3. The molecule has 0 unspecified atom stereocenters. The summed E-state index contributed by atoms with van der Waals surface area (Å²) < 4.78 is 34.9. The Kier molecular flexibility index (Phi) is 5.57. The monoisotopic (exact) mass is 463 g/mol. The molecule has 0 aliphatic heterocycles. The van der Waals surface area contributed by atoms with Gasteiger partial charge < -0.3 is 9.84 Å². The van der Waals surface area contributed by atoms with Crippen LogP contribution in [0.4, 0.5) is 8.78 Å². The summed E-state index contributed by atoms with van der Waals surface area (Å²) in [5.74, 6) is -1.37. The molecule has 0 radical (unpaired) electrons. The van der Waals surface area contributed by atoms with Gasteiger partial charge >= 0.3 is 12.1 Å². The number of rotatable bonds is 5. The molecule has 0 bridgehead atoms. The lowest BCUT2D eigenvalue weighted by molar-refractivity contribution is -0.185. The largest absolute Gasteiger partial charge is 0.478 e. The van der Waals surface area contributed by atoms with Crippen molar-refractivity contribution in [2.75, 3.05) is 0 Å². The third-order valence-corrected chi connectivity index (χ3v) is 5.08. The van der Waals surface area contributed by atoms with Crippen LogP contribution in [0.15, 0.2) is 63.9 Å². The standard InChI is InChI=1S/C21H16BrF2NO4/c1-12-10-15(8-9-16(12)20(27)28)25-13(2)11-17(18(22)19(25)26)29-21(23,24)14-6-4-3-5-7-14/h3-11H,1-2H3,(H,27,28). The van der Waals surface area contributed by atoms with Crippen molar-refractivity contribution in [3.05, 3.63) is 91.8 Å². The van der Waals surface area contributed by atoms with Crippen LogP contribution in [0.25, 0.3) is 5.69 Å². The first-order valence-corrected chi connectivity index (χ1v) is 9.30. The normalized spacial score (nSPS) is 11.3. The lowest BCUT2D eigenvalue weighted by atomic mass is 10.1. The number of aromatic nitrogens is 1. The van der Waals surface area contributed by atoms with Gasteiger partial charge in [0, 0.05) is 17.4 Å². The Morgan fingerprint density at radius 3 is 2.34 bits per heavy atom. The van der Waals surface area contributed by atoms with Crippen LogP contribution in [0, 0.1) is 13.8 Å². The third-order valence-electron chi connectivity index (χ3n) is 4.35. The summed E-state index contributed by atoms with van der Waals surface area (Å²) in [6.07, 6.45) is -3.63. The van der Waals surface area contributed by atoms with Crippen LogP contribution in [0.1, 0.15) is 27.2 Å². The minimum absolute atomic E-state index is 0.112. The molecule has 1 N–H and O–H groups in total. The molecule has 150 valence electrons. The fraction of sp³-hybridized carbons (Fsp3) is 0.143. The minimum atomic E-state index is -3.63. The maximum absolute atomic E-state index is 14.5. The molecule has 3 aromatic rings. The molecule has 5 nitrogen and oxygen atoms in total. The van der Waals surface area contributed by atoms with Gasteiger partial charge in [-0.1, -0.05) is 18.2 Å². The first kappa shape index (κ1) is 20.7. The third kappa shape index (κ3) is 4.07. The number of carboxylic acid groups (broad SMARTS) is 1. The number of hydrogen-bond acceptors (Lipinski definition) is 3. The molecule has 1 heterocycles. The van der Waals surface area contributed by atoms with Crippen LogP contribution in [0.2, 0.25) is 0 Å². The maximum atomic E-state index is 14.5. The van der Waals surface area contributed by atoms with Gasteiger partial charge in [0.2, 0.25) is 0 Å². The highest BCUT2D eigenvalue weighted by atomic mass is 79.9. The van der Waals surface area contributed by atoms with Crippen molar-refractivity contribution < 1.29 is 23.4 Å². The van der Waals surface area contributed by atoms with Crippen LogP contribution in [-0.4, -0.2) is 15.6 Å². The van der Waals surface area contributed by atoms with E-state index in [9.17, 15) is 18.4 Å². The predicted octanol–water partition coefficient (Wildman–Crippen LogP) is 5.04. The van der Waals surface area contributed by atoms with Crippen molar-refractivity contribution in [2.24, 2.45) is 0 Å². The number of halogens is 3. The Balaban J connectivity index is 2.05. The molecule has 0 aliphatic rings. The van der Waals surface area contributed by atoms with E-state index in [0.717, 1.165) is 0 Å². The van der Waals surface area contributed by atoms with Crippen LogP contribution >= 0.6 is 15.9 Å². The molecule has 0 saturated heterocycles. The molecular formula is C21H16BrF2NO4. The Bertz CT molecular complexity index is 1140. The number of alkyl halides is 2.